The zero-order chi connectivity index (χ0) is 20.1. The maximum absolute atomic E-state index is 13.4. The lowest BCUT2D eigenvalue weighted by atomic mass is 10.1. The Kier molecular flexibility index (Phi) is 6.62. The molecule has 1 aliphatic heterocycles. The summed E-state index contributed by atoms with van der Waals surface area (Å²) in [6.07, 6.45) is 1.27. The third-order valence-corrected chi connectivity index (χ3v) is 6.72. The van der Waals surface area contributed by atoms with Gasteiger partial charge in [0.2, 0.25) is 0 Å². The molecule has 0 aliphatic carbocycles. The van der Waals surface area contributed by atoms with Crippen molar-refractivity contribution < 1.29 is 17.9 Å². The van der Waals surface area contributed by atoms with Gasteiger partial charge in [-0.15, -0.1) is 0 Å². The van der Waals surface area contributed by atoms with Gasteiger partial charge in [-0.05, 0) is 42.7 Å². The fourth-order valence-corrected chi connectivity index (χ4v) is 5.30. The minimum absolute atomic E-state index is 0.0166. The highest BCUT2D eigenvalue weighted by molar-refractivity contribution is 7.91. The van der Waals surface area contributed by atoms with Gasteiger partial charge in [-0.1, -0.05) is 42.8 Å². The van der Waals surface area contributed by atoms with Crippen molar-refractivity contribution in [1.82, 2.24) is 4.90 Å². The van der Waals surface area contributed by atoms with Crippen LogP contribution >= 0.6 is 11.6 Å². The lowest BCUT2D eigenvalue weighted by Crippen LogP contribution is -2.40. The summed E-state index contributed by atoms with van der Waals surface area (Å²) in [5.74, 6) is 0.377. The van der Waals surface area contributed by atoms with Gasteiger partial charge in [0.1, 0.15) is 5.75 Å². The standard InChI is InChI=1S/C21H24ClNO4S/c1-2-11-27-20-9-4-3-8-19(20)21(24)23(18-10-12-28(25,26)15-18)14-16-6-5-7-17(22)13-16/h3-9,13,18H,2,10-12,14-15H2,1H3. The third kappa shape index (κ3) is 5.06. The van der Waals surface area contributed by atoms with Gasteiger partial charge in [-0.3, -0.25) is 4.79 Å². The van der Waals surface area contributed by atoms with Gasteiger partial charge in [0.15, 0.2) is 9.84 Å². The molecule has 5 nitrogen and oxygen atoms in total. The van der Waals surface area contributed by atoms with Crippen LogP contribution in [0.15, 0.2) is 48.5 Å². The molecular weight excluding hydrogens is 398 g/mol. The molecule has 1 aliphatic rings. The summed E-state index contributed by atoms with van der Waals surface area (Å²) >= 11 is 6.09. The second-order valence-corrected chi connectivity index (χ2v) is 9.63. The van der Waals surface area contributed by atoms with E-state index in [4.69, 9.17) is 16.3 Å². The van der Waals surface area contributed by atoms with Crippen molar-refractivity contribution in [3.05, 3.63) is 64.7 Å². The zero-order valence-corrected chi connectivity index (χ0v) is 17.4. The highest BCUT2D eigenvalue weighted by Gasteiger charge is 2.35. The van der Waals surface area contributed by atoms with E-state index in [1.807, 2.05) is 25.1 Å². The first kappa shape index (κ1) is 20.7. The molecule has 28 heavy (non-hydrogen) atoms. The minimum atomic E-state index is -3.13. The summed E-state index contributed by atoms with van der Waals surface area (Å²) in [6.45, 7) is 2.80. The SMILES string of the molecule is CCCOc1ccccc1C(=O)N(Cc1cccc(Cl)c1)C1CCS(=O)(=O)C1. The van der Waals surface area contributed by atoms with Crippen molar-refractivity contribution in [3.8, 4) is 5.75 Å². The monoisotopic (exact) mass is 421 g/mol. The van der Waals surface area contributed by atoms with Crippen molar-refractivity contribution in [3.63, 3.8) is 0 Å². The predicted molar refractivity (Wildman–Crippen MR) is 111 cm³/mol. The quantitative estimate of drug-likeness (QED) is 0.678. The molecular formula is C21H24ClNO4S. The number of nitrogens with zero attached hydrogens (tertiary/aromatic N) is 1. The van der Waals surface area contributed by atoms with Gasteiger partial charge in [0.25, 0.3) is 5.91 Å². The summed E-state index contributed by atoms with van der Waals surface area (Å²) in [6, 6.07) is 14.0. The predicted octanol–water partition coefficient (Wildman–Crippen LogP) is 3.96. The molecule has 0 aromatic heterocycles. The van der Waals surface area contributed by atoms with Gasteiger partial charge in [-0.2, -0.15) is 0 Å². The van der Waals surface area contributed by atoms with Crippen LogP contribution in [-0.2, 0) is 16.4 Å². The summed E-state index contributed by atoms with van der Waals surface area (Å²) in [4.78, 5) is 15.1. The van der Waals surface area contributed by atoms with E-state index >= 15 is 0 Å². The van der Waals surface area contributed by atoms with E-state index in [9.17, 15) is 13.2 Å². The van der Waals surface area contributed by atoms with E-state index in [1.165, 1.54) is 0 Å². The van der Waals surface area contributed by atoms with Crippen LogP contribution in [-0.4, -0.2) is 43.4 Å². The number of rotatable bonds is 7. The Morgan fingerprint density at radius 2 is 2.00 bits per heavy atom. The van der Waals surface area contributed by atoms with Gasteiger partial charge in [-0.25, -0.2) is 8.42 Å². The topological polar surface area (TPSA) is 63.7 Å². The number of ether oxygens (including phenoxy) is 1. The highest BCUT2D eigenvalue weighted by Crippen LogP contribution is 2.27. The number of carbonyl (C=O) groups excluding carboxylic acids is 1. The fourth-order valence-electron chi connectivity index (χ4n) is 3.36. The molecule has 1 saturated heterocycles. The molecule has 7 heteroatoms. The molecule has 1 amide bonds. The maximum atomic E-state index is 13.4. The van der Waals surface area contributed by atoms with Crippen molar-refractivity contribution >= 4 is 27.3 Å². The maximum Gasteiger partial charge on any atom is 0.258 e. The fraction of sp³-hybridized carbons (Fsp3) is 0.381. The smallest absolute Gasteiger partial charge is 0.258 e. The van der Waals surface area contributed by atoms with E-state index in [2.05, 4.69) is 0 Å². The molecule has 1 fully saturated rings. The Morgan fingerprint density at radius 3 is 2.68 bits per heavy atom. The number of hydrogen-bond acceptors (Lipinski definition) is 4. The van der Waals surface area contributed by atoms with Gasteiger partial charge in [0.05, 0.1) is 23.7 Å². The molecule has 0 bridgehead atoms. The van der Waals surface area contributed by atoms with E-state index in [-0.39, 0.29) is 23.5 Å². The molecule has 2 aromatic rings. The zero-order valence-electron chi connectivity index (χ0n) is 15.8. The second-order valence-electron chi connectivity index (χ2n) is 6.96. The Morgan fingerprint density at radius 1 is 1.21 bits per heavy atom. The largest absolute Gasteiger partial charge is 0.493 e. The molecule has 150 valence electrons. The Bertz CT molecular complexity index is 945. The lowest BCUT2D eigenvalue weighted by Gasteiger charge is -2.29. The first-order valence-corrected chi connectivity index (χ1v) is 11.6. The van der Waals surface area contributed by atoms with Gasteiger partial charge in [0, 0.05) is 17.6 Å². The number of amides is 1. The number of sulfone groups is 1. The van der Waals surface area contributed by atoms with E-state index < -0.39 is 9.84 Å². The Hall–Kier alpha value is -2.05. The number of hydrogen-bond donors (Lipinski definition) is 0. The molecule has 1 unspecified atom stereocenters. The molecule has 3 rings (SSSR count). The third-order valence-electron chi connectivity index (χ3n) is 4.73. The van der Waals surface area contributed by atoms with Gasteiger partial charge < -0.3 is 9.64 Å². The summed E-state index contributed by atoms with van der Waals surface area (Å²) in [5, 5.41) is 0.579. The van der Waals surface area contributed by atoms with Crippen molar-refractivity contribution in [2.24, 2.45) is 0 Å². The average molecular weight is 422 g/mol. The Labute approximate surface area is 171 Å². The van der Waals surface area contributed by atoms with Crippen LogP contribution in [0, 0.1) is 0 Å². The van der Waals surface area contributed by atoms with Crippen LogP contribution < -0.4 is 4.74 Å². The van der Waals surface area contributed by atoms with E-state index in [1.54, 1.807) is 35.2 Å². The van der Waals surface area contributed by atoms with Crippen LogP contribution in [0.3, 0.4) is 0 Å². The van der Waals surface area contributed by atoms with Crippen LogP contribution in [0.2, 0.25) is 5.02 Å². The van der Waals surface area contributed by atoms with E-state index in [0.717, 1.165) is 12.0 Å². The van der Waals surface area contributed by atoms with Crippen molar-refractivity contribution in [1.29, 1.82) is 0 Å². The van der Waals surface area contributed by atoms with Crippen LogP contribution in [0.25, 0.3) is 0 Å². The molecule has 0 spiro atoms. The molecule has 0 radical (unpaired) electrons. The molecule has 1 atom stereocenters. The first-order chi connectivity index (χ1) is 13.4. The minimum Gasteiger partial charge on any atom is -0.493 e. The summed E-state index contributed by atoms with van der Waals surface area (Å²) in [5.41, 5.74) is 1.30. The average Bonchev–Trinajstić information content (AvgIpc) is 3.03. The van der Waals surface area contributed by atoms with Crippen molar-refractivity contribution in [2.75, 3.05) is 18.1 Å². The van der Waals surface area contributed by atoms with Crippen molar-refractivity contribution in [2.45, 2.75) is 32.4 Å². The first-order valence-electron chi connectivity index (χ1n) is 9.37. The summed E-state index contributed by atoms with van der Waals surface area (Å²) < 4.78 is 29.8. The van der Waals surface area contributed by atoms with Crippen LogP contribution in [0.5, 0.6) is 5.75 Å². The van der Waals surface area contributed by atoms with Crippen LogP contribution in [0.4, 0.5) is 0 Å². The van der Waals surface area contributed by atoms with Crippen LogP contribution in [0.1, 0.15) is 35.7 Å². The summed E-state index contributed by atoms with van der Waals surface area (Å²) in [7, 11) is -3.13. The number of benzene rings is 2. The molecule has 2 aromatic carbocycles. The number of para-hydroxylation sites is 1. The number of halogens is 1. The second kappa shape index (κ2) is 8.97. The highest BCUT2D eigenvalue weighted by atomic mass is 35.5. The van der Waals surface area contributed by atoms with Gasteiger partial charge >= 0.3 is 0 Å². The lowest BCUT2D eigenvalue weighted by molar-refractivity contribution is 0.0676. The Balaban J connectivity index is 1.93. The molecule has 0 N–H and O–H groups in total. The molecule has 0 saturated carbocycles. The number of carbonyl (C=O) groups is 1. The van der Waals surface area contributed by atoms with E-state index in [0.29, 0.717) is 35.9 Å². The normalized spacial score (nSPS) is 18.0. The molecule has 1 heterocycles.